The van der Waals surface area contributed by atoms with E-state index in [1.165, 1.54) is 0 Å². The summed E-state index contributed by atoms with van der Waals surface area (Å²) in [6.45, 7) is 0. The van der Waals surface area contributed by atoms with Gasteiger partial charge in [0.2, 0.25) is 0 Å². The van der Waals surface area contributed by atoms with Gasteiger partial charge in [-0.05, 0) is 23.8 Å². The van der Waals surface area contributed by atoms with Crippen LogP contribution in [0.1, 0.15) is 16.7 Å². The van der Waals surface area contributed by atoms with Crippen LogP contribution in [0.2, 0.25) is 0 Å². The average Bonchev–Trinajstić information content (AvgIpc) is 2.14. The van der Waals surface area contributed by atoms with Gasteiger partial charge in [0.25, 0.3) is 0 Å². The molecule has 0 fully saturated rings. The first-order valence-corrected chi connectivity index (χ1v) is 4.52. The van der Waals surface area contributed by atoms with Crippen LogP contribution in [0.25, 0.3) is 0 Å². The summed E-state index contributed by atoms with van der Waals surface area (Å²) >= 11 is 5.24. The van der Waals surface area contributed by atoms with Crippen molar-refractivity contribution in [1.82, 2.24) is 0 Å². The first-order chi connectivity index (χ1) is 7.14. The molecule has 0 atom stereocenters. The predicted molar refractivity (Wildman–Crippen MR) is 46.0 cm³/mol. The van der Waals surface area contributed by atoms with Gasteiger partial charge in [0.05, 0.1) is 11.1 Å². The van der Waals surface area contributed by atoms with Crippen molar-refractivity contribution in [3.63, 3.8) is 0 Å². The Kier molecular flexibility index (Phi) is 3.42. The Balaban J connectivity index is 3.33. The minimum absolute atomic E-state index is 0.0655. The van der Waals surface area contributed by atoms with Crippen molar-refractivity contribution in [2.24, 2.45) is 0 Å². The summed E-state index contributed by atoms with van der Waals surface area (Å²) in [5.74, 6) is -0.410. The molecule has 0 nitrogen and oxygen atoms in total. The Labute approximate surface area is 91.8 Å². The standard InChI is InChI=1S/C9H5ClF6/c10-4-5-1-6(8(11,12)13)3-7(2-5)9(14,15)16/h1-3H,4H2. The van der Waals surface area contributed by atoms with E-state index in [1.807, 2.05) is 0 Å². The zero-order chi connectivity index (χ0) is 12.6. The van der Waals surface area contributed by atoms with E-state index >= 15 is 0 Å². The van der Waals surface area contributed by atoms with E-state index in [2.05, 4.69) is 0 Å². The largest absolute Gasteiger partial charge is 0.416 e. The summed E-state index contributed by atoms with van der Waals surface area (Å²) in [5, 5.41) is 0. The summed E-state index contributed by atoms with van der Waals surface area (Å²) in [5.41, 5.74) is -2.92. The van der Waals surface area contributed by atoms with Crippen LogP contribution >= 0.6 is 11.6 Å². The van der Waals surface area contributed by atoms with E-state index in [9.17, 15) is 26.3 Å². The predicted octanol–water partition coefficient (Wildman–Crippen LogP) is 4.46. The molecule has 0 aliphatic rings. The lowest BCUT2D eigenvalue weighted by Gasteiger charge is -2.13. The molecule has 0 heterocycles. The van der Waals surface area contributed by atoms with Gasteiger partial charge in [-0.1, -0.05) is 0 Å². The molecule has 0 bridgehead atoms. The molecule has 1 aromatic carbocycles. The number of halogens is 7. The highest BCUT2D eigenvalue weighted by atomic mass is 35.5. The van der Waals surface area contributed by atoms with E-state index in [-0.39, 0.29) is 11.6 Å². The monoisotopic (exact) mass is 262 g/mol. The molecule has 0 aliphatic carbocycles. The first kappa shape index (κ1) is 13.2. The Bertz CT molecular complexity index is 346. The molecule has 0 unspecified atom stereocenters. The van der Waals surface area contributed by atoms with Crippen LogP contribution in [0, 0.1) is 0 Å². The second-order valence-corrected chi connectivity index (χ2v) is 3.32. The van der Waals surface area contributed by atoms with Crippen LogP contribution in [0.15, 0.2) is 18.2 Å². The van der Waals surface area contributed by atoms with E-state index in [0.717, 1.165) is 0 Å². The fourth-order valence-electron chi connectivity index (χ4n) is 1.10. The van der Waals surface area contributed by atoms with Crippen molar-refractivity contribution in [1.29, 1.82) is 0 Å². The summed E-state index contributed by atoms with van der Waals surface area (Å²) in [4.78, 5) is 0. The fourth-order valence-corrected chi connectivity index (χ4v) is 1.25. The molecular formula is C9H5ClF6. The quantitative estimate of drug-likeness (QED) is 0.518. The lowest BCUT2D eigenvalue weighted by molar-refractivity contribution is -0.143. The van der Waals surface area contributed by atoms with Gasteiger partial charge in [-0.25, -0.2) is 0 Å². The van der Waals surface area contributed by atoms with Gasteiger partial charge < -0.3 is 0 Å². The second-order valence-electron chi connectivity index (χ2n) is 3.05. The Morgan fingerprint density at radius 1 is 0.812 bits per heavy atom. The van der Waals surface area contributed by atoms with Gasteiger partial charge in [-0.15, -0.1) is 11.6 Å². The van der Waals surface area contributed by atoms with E-state index in [1.54, 1.807) is 0 Å². The molecule has 0 amide bonds. The van der Waals surface area contributed by atoms with Crippen LogP contribution in [0.3, 0.4) is 0 Å². The lowest BCUT2D eigenvalue weighted by Crippen LogP contribution is -2.11. The second kappa shape index (κ2) is 4.16. The number of hydrogen-bond donors (Lipinski definition) is 0. The third-order valence-electron chi connectivity index (χ3n) is 1.80. The average molecular weight is 263 g/mol. The SMILES string of the molecule is FC(F)(F)c1cc(CCl)cc(C(F)(F)F)c1. The molecular weight excluding hydrogens is 258 g/mol. The normalized spacial score (nSPS) is 12.9. The smallest absolute Gasteiger partial charge is 0.166 e. The molecule has 0 spiro atoms. The maximum atomic E-state index is 12.3. The zero-order valence-corrected chi connectivity index (χ0v) is 8.34. The molecule has 1 aromatic rings. The van der Waals surface area contributed by atoms with Crippen LogP contribution in [0.5, 0.6) is 0 Å². The lowest BCUT2D eigenvalue weighted by atomic mass is 10.1. The molecule has 0 aliphatic heterocycles. The van der Waals surface area contributed by atoms with Crippen molar-refractivity contribution in [2.75, 3.05) is 0 Å². The molecule has 7 heteroatoms. The van der Waals surface area contributed by atoms with Gasteiger partial charge in [-0.3, -0.25) is 0 Å². The van der Waals surface area contributed by atoms with Crippen LogP contribution < -0.4 is 0 Å². The molecule has 90 valence electrons. The van der Waals surface area contributed by atoms with Crippen LogP contribution in [-0.2, 0) is 18.2 Å². The highest BCUT2D eigenvalue weighted by Crippen LogP contribution is 2.36. The maximum Gasteiger partial charge on any atom is 0.416 e. The van der Waals surface area contributed by atoms with Gasteiger partial charge in [0.1, 0.15) is 0 Å². The molecule has 0 N–H and O–H groups in total. The minimum Gasteiger partial charge on any atom is -0.166 e. The van der Waals surface area contributed by atoms with Crippen LogP contribution in [-0.4, -0.2) is 0 Å². The Hall–Kier alpha value is -0.910. The van der Waals surface area contributed by atoms with Gasteiger partial charge in [0, 0.05) is 5.88 Å². The summed E-state index contributed by atoms with van der Waals surface area (Å²) < 4.78 is 73.6. The molecule has 0 saturated carbocycles. The van der Waals surface area contributed by atoms with Crippen molar-refractivity contribution >= 4 is 11.6 Å². The zero-order valence-electron chi connectivity index (χ0n) is 7.58. The highest BCUT2D eigenvalue weighted by Gasteiger charge is 2.36. The topological polar surface area (TPSA) is 0 Å². The van der Waals surface area contributed by atoms with E-state index < -0.39 is 29.4 Å². The van der Waals surface area contributed by atoms with Crippen molar-refractivity contribution in [2.45, 2.75) is 18.2 Å². The number of hydrogen-bond acceptors (Lipinski definition) is 0. The summed E-state index contributed by atoms with van der Waals surface area (Å²) in [6, 6.07) is 1.26. The summed E-state index contributed by atoms with van der Waals surface area (Å²) in [7, 11) is 0. The van der Waals surface area contributed by atoms with Gasteiger partial charge in [0.15, 0.2) is 0 Å². The third-order valence-corrected chi connectivity index (χ3v) is 2.11. The molecule has 0 saturated heterocycles. The van der Waals surface area contributed by atoms with Crippen molar-refractivity contribution in [3.8, 4) is 0 Å². The van der Waals surface area contributed by atoms with E-state index in [0.29, 0.717) is 12.1 Å². The van der Waals surface area contributed by atoms with Crippen molar-refractivity contribution < 1.29 is 26.3 Å². The minimum atomic E-state index is -4.82. The molecule has 16 heavy (non-hydrogen) atoms. The van der Waals surface area contributed by atoms with E-state index in [4.69, 9.17) is 11.6 Å². The maximum absolute atomic E-state index is 12.3. The number of alkyl halides is 7. The number of rotatable bonds is 1. The van der Waals surface area contributed by atoms with Crippen LogP contribution in [0.4, 0.5) is 26.3 Å². The molecule has 0 radical (unpaired) electrons. The van der Waals surface area contributed by atoms with Crippen molar-refractivity contribution in [3.05, 3.63) is 34.9 Å². The van der Waals surface area contributed by atoms with Gasteiger partial charge >= 0.3 is 12.4 Å². The third kappa shape index (κ3) is 3.04. The Morgan fingerprint density at radius 3 is 1.44 bits per heavy atom. The highest BCUT2D eigenvalue weighted by molar-refractivity contribution is 6.17. The summed E-state index contributed by atoms with van der Waals surface area (Å²) in [6.07, 6.45) is -9.63. The number of benzene rings is 1. The fraction of sp³-hybridized carbons (Fsp3) is 0.333. The first-order valence-electron chi connectivity index (χ1n) is 3.99. The Morgan fingerprint density at radius 2 is 1.19 bits per heavy atom. The van der Waals surface area contributed by atoms with Gasteiger partial charge in [-0.2, -0.15) is 26.3 Å². The molecule has 1 rings (SSSR count). The molecule has 0 aromatic heterocycles.